The van der Waals surface area contributed by atoms with Gasteiger partial charge in [-0.15, -0.1) is 0 Å². The Morgan fingerprint density at radius 1 is 1.27 bits per heavy atom. The van der Waals surface area contributed by atoms with Crippen molar-refractivity contribution >= 4 is 17.7 Å². The van der Waals surface area contributed by atoms with Gasteiger partial charge in [-0.05, 0) is 20.3 Å². The highest BCUT2D eigenvalue weighted by atomic mass is 16.6. The average molecular weight is 214 g/mol. The van der Waals surface area contributed by atoms with Crippen LogP contribution in [0, 0.1) is 0 Å². The van der Waals surface area contributed by atoms with E-state index >= 15 is 0 Å². The summed E-state index contributed by atoms with van der Waals surface area (Å²) in [5.41, 5.74) is 0.237. The van der Waals surface area contributed by atoms with Gasteiger partial charge >= 0.3 is 11.9 Å². The molecule has 0 bridgehead atoms. The molecule has 1 N–H and O–H groups in total. The summed E-state index contributed by atoms with van der Waals surface area (Å²) in [7, 11) is 0. The van der Waals surface area contributed by atoms with Crippen molar-refractivity contribution in [2.45, 2.75) is 26.7 Å². The SMILES string of the molecule is CC(=O)CC(=O)OC(=O)C(C)=CCCO. The van der Waals surface area contributed by atoms with Gasteiger partial charge < -0.3 is 9.84 Å². The van der Waals surface area contributed by atoms with Gasteiger partial charge in [0.05, 0.1) is 0 Å². The maximum atomic E-state index is 11.1. The fourth-order valence-corrected chi connectivity index (χ4v) is 0.788. The van der Waals surface area contributed by atoms with Crippen LogP contribution < -0.4 is 0 Å². The molecule has 0 rings (SSSR count). The monoisotopic (exact) mass is 214 g/mol. The topological polar surface area (TPSA) is 80.7 Å². The van der Waals surface area contributed by atoms with Crippen LogP contribution in [-0.4, -0.2) is 29.4 Å². The molecule has 5 heteroatoms. The van der Waals surface area contributed by atoms with Crippen molar-refractivity contribution in [3.8, 4) is 0 Å². The highest BCUT2D eigenvalue weighted by molar-refractivity contribution is 6.01. The Bertz CT molecular complexity index is 290. The molecule has 0 heterocycles. The fraction of sp³-hybridized carbons (Fsp3) is 0.500. The Balaban J connectivity index is 4.13. The molecular formula is C10H14O5. The molecule has 0 aromatic rings. The summed E-state index contributed by atoms with van der Waals surface area (Å²) in [4.78, 5) is 32.6. The van der Waals surface area contributed by atoms with Gasteiger partial charge in [0.15, 0.2) is 0 Å². The molecule has 0 atom stereocenters. The molecule has 0 amide bonds. The zero-order valence-electron chi connectivity index (χ0n) is 8.78. The molecule has 0 aliphatic heterocycles. The van der Waals surface area contributed by atoms with Gasteiger partial charge in [-0.25, -0.2) is 4.79 Å². The van der Waals surface area contributed by atoms with Crippen LogP contribution in [0.2, 0.25) is 0 Å². The van der Waals surface area contributed by atoms with E-state index in [-0.39, 0.29) is 18.0 Å². The lowest BCUT2D eigenvalue weighted by Crippen LogP contribution is -2.15. The summed E-state index contributed by atoms with van der Waals surface area (Å²) in [5.74, 6) is -2.00. The van der Waals surface area contributed by atoms with E-state index in [1.165, 1.54) is 19.9 Å². The standard InChI is InChI=1S/C10H14O5/c1-7(4-3-5-11)10(14)15-9(13)6-8(2)12/h4,11H,3,5-6H2,1-2H3. The first-order valence-electron chi connectivity index (χ1n) is 4.49. The zero-order chi connectivity index (χ0) is 11.8. The predicted octanol–water partition coefficient (Wildman–Crippen LogP) is 0.364. The van der Waals surface area contributed by atoms with Gasteiger partial charge in [0.1, 0.15) is 12.2 Å². The van der Waals surface area contributed by atoms with E-state index in [2.05, 4.69) is 4.74 Å². The van der Waals surface area contributed by atoms with Crippen molar-refractivity contribution in [3.05, 3.63) is 11.6 Å². The fourth-order valence-electron chi connectivity index (χ4n) is 0.788. The van der Waals surface area contributed by atoms with Crippen molar-refractivity contribution in [2.24, 2.45) is 0 Å². The van der Waals surface area contributed by atoms with E-state index < -0.39 is 18.4 Å². The molecule has 0 saturated heterocycles. The summed E-state index contributed by atoms with van der Waals surface area (Å²) in [6.07, 6.45) is 1.38. The molecule has 5 nitrogen and oxygen atoms in total. The number of ether oxygens (including phenoxy) is 1. The predicted molar refractivity (Wildman–Crippen MR) is 51.9 cm³/mol. The maximum absolute atomic E-state index is 11.1. The Morgan fingerprint density at radius 2 is 1.87 bits per heavy atom. The largest absolute Gasteiger partial charge is 0.396 e. The Morgan fingerprint density at radius 3 is 2.33 bits per heavy atom. The van der Waals surface area contributed by atoms with Crippen LogP contribution in [0.25, 0.3) is 0 Å². The van der Waals surface area contributed by atoms with Crippen LogP contribution in [-0.2, 0) is 19.1 Å². The Hall–Kier alpha value is -1.49. The highest BCUT2D eigenvalue weighted by Crippen LogP contribution is 2.00. The smallest absolute Gasteiger partial charge is 0.341 e. The summed E-state index contributed by atoms with van der Waals surface area (Å²) in [6, 6.07) is 0. The molecule has 0 fully saturated rings. The molecule has 0 radical (unpaired) electrons. The number of carbonyl (C=O) groups is 3. The van der Waals surface area contributed by atoms with Crippen LogP contribution in [0.1, 0.15) is 26.7 Å². The van der Waals surface area contributed by atoms with Crippen LogP contribution in [0.4, 0.5) is 0 Å². The van der Waals surface area contributed by atoms with Gasteiger partial charge in [0, 0.05) is 12.2 Å². The zero-order valence-corrected chi connectivity index (χ0v) is 8.78. The Labute approximate surface area is 87.7 Å². The molecule has 0 spiro atoms. The first-order chi connectivity index (χ1) is 6.97. The minimum atomic E-state index is -0.857. The van der Waals surface area contributed by atoms with Crippen molar-refractivity contribution in [3.63, 3.8) is 0 Å². The molecule has 0 aromatic heterocycles. The average Bonchev–Trinajstić information content (AvgIpc) is 2.12. The first kappa shape index (κ1) is 13.5. The Kier molecular flexibility index (Phi) is 6.21. The normalized spacial score (nSPS) is 11.0. The molecule has 0 aromatic carbocycles. The quantitative estimate of drug-likeness (QED) is 0.406. The van der Waals surface area contributed by atoms with Gasteiger partial charge in [-0.2, -0.15) is 0 Å². The number of esters is 2. The number of hydrogen-bond donors (Lipinski definition) is 1. The third-order valence-electron chi connectivity index (χ3n) is 1.50. The second kappa shape index (κ2) is 6.89. The lowest BCUT2D eigenvalue weighted by molar-refractivity contribution is -0.157. The molecule has 0 aliphatic carbocycles. The van der Waals surface area contributed by atoms with Gasteiger partial charge in [-0.3, -0.25) is 9.59 Å². The number of Topliss-reactive ketones (excluding diaryl/α,β-unsaturated/α-hetero) is 1. The van der Waals surface area contributed by atoms with E-state index in [1.54, 1.807) is 0 Å². The first-order valence-corrected chi connectivity index (χ1v) is 4.49. The van der Waals surface area contributed by atoms with E-state index in [0.29, 0.717) is 6.42 Å². The van der Waals surface area contributed by atoms with Crippen LogP contribution >= 0.6 is 0 Å². The number of hydrogen-bond acceptors (Lipinski definition) is 5. The van der Waals surface area contributed by atoms with Crippen LogP contribution in [0.5, 0.6) is 0 Å². The van der Waals surface area contributed by atoms with Crippen molar-refractivity contribution in [1.29, 1.82) is 0 Å². The van der Waals surface area contributed by atoms with Gasteiger partial charge in [-0.1, -0.05) is 6.08 Å². The number of aliphatic hydroxyl groups is 1. The van der Waals surface area contributed by atoms with Crippen LogP contribution in [0.15, 0.2) is 11.6 Å². The van der Waals surface area contributed by atoms with Crippen molar-refractivity contribution in [2.75, 3.05) is 6.61 Å². The molecule has 15 heavy (non-hydrogen) atoms. The van der Waals surface area contributed by atoms with Gasteiger partial charge in [0.2, 0.25) is 0 Å². The minimum Gasteiger partial charge on any atom is -0.396 e. The van der Waals surface area contributed by atoms with E-state index in [4.69, 9.17) is 5.11 Å². The molecule has 84 valence electrons. The van der Waals surface area contributed by atoms with Crippen molar-refractivity contribution < 1.29 is 24.2 Å². The van der Waals surface area contributed by atoms with E-state index in [0.717, 1.165) is 0 Å². The third-order valence-corrected chi connectivity index (χ3v) is 1.50. The highest BCUT2D eigenvalue weighted by Gasteiger charge is 2.13. The molecule has 0 saturated carbocycles. The number of ketones is 1. The van der Waals surface area contributed by atoms with E-state index in [9.17, 15) is 14.4 Å². The maximum Gasteiger partial charge on any atom is 0.341 e. The summed E-state index contributed by atoms with van der Waals surface area (Å²) in [6.45, 7) is 2.63. The minimum absolute atomic E-state index is 0.0774. The van der Waals surface area contributed by atoms with Crippen molar-refractivity contribution in [1.82, 2.24) is 0 Å². The van der Waals surface area contributed by atoms with Gasteiger partial charge in [0.25, 0.3) is 0 Å². The number of carbonyl (C=O) groups excluding carboxylic acids is 3. The lowest BCUT2D eigenvalue weighted by Gasteiger charge is -2.01. The second-order valence-corrected chi connectivity index (χ2v) is 3.04. The molecule has 0 aliphatic rings. The molecular weight excluding hydrogens is 200 g/mol. The number of aliphatic hydroxyl groups excluding tert-OH is 1. The van der Waals surface area contributed by atoms with Crippen LogP contribution in [0.3, 0.4) is 0 Å². The lowest BCUT2D eigenvalue weighted by atomic mass is 10.2. The summed E-state index contributed by atoms with van der Waals surface area (Å²) >= 11 is 0. The van der Waals surface area contributed by atoms with E-state index in [1.807, 2.05) is 0 Å². The number of rotatable bonds is 5. The molecule has 0 unspecified atom stereocenters. The third kappa shape index (κ3) is 6.56. The summed E-state index contributed by atoms with van der Waals surface area (Å²) in [5, 5.41) is 8.49. The summed E-state index contributed by atoms with van der Waals surface area (Å²) < 4.78 is 4.37. The second-order valence-electron chi connectivity index (χ2n) is 3.04.